The second-order valence-corrected chi connectivity index (χ2v) is 6.43. The van der Waals surface area contributed by atoms with Gasteiger partial charge in [0.25, 0.3) is 0 Å². The molecule has 0 spiro atoms. The highest BCUT2D eigenvalue weighted by Crippen LogP contribution is 2.27. The fourth-order valence-corrected chi connectivity index (χ4v) is 3.11. The van der Waals surface area contributed by atoms with Crippen LogP contribution in [0.1, 0.15) is 24.0 Å². The summed E-state index contributed by atoms with van der Waals surface area (Å²) < 4.78 is 0. The Hall–Kier alpha value is -3.18. The van der Waals surface area contributed by atoms with Crippen molar-refractivity contribution in [2.45, 2.75) is 19.4 Å². The highest BCUT2D eigenvalue weighted by molar-refractivity contribution is 5.99. The summed E-state index contributed by atoms with van der Waals surface area (Å²) in [6.07, 6.45) is 0. The number of amides is 1. The van der Waals surface area contributed by atoms with E-state index in [-0.39, 0.29) is 18.4 Å². The van der Waals surface area contributed by atoms with Crippen LogP contribution in [0, 0.1) is 0 Å². The zero-order valence-electron chi connectivity index (χ0n) is 15.1. The Morgan fingerprint density at radius 3 is 2.48 bits per heavy atom. The van der Waals surface area contributed by atoms with Gasteiger partial charge in [-0.25, -0.2) is 0 Å². The molecule has 1 unspecified atom stereocenters. The van der Waals surface area contributed by atoms with Crippen molar-refractivity contribution in [1.29, 1.82) is 0 Å². The molecule has 0 aromatic heterocycles. The Morgan fingerprint density at radius 1 is 0.963 bits per heavy atom. The van der Waals surface area contributed by atoms with E-state index >= 15 is 0 Å². The zero-order chi connectivity index (χ0) is 19.2. The van der Waals surface area contributed by atoms with Gasteiger partial charge in [-0.2, -0.15) is 0 Å². The fourth-order valence-electron chi connectivity index (χ4n) is 3.11. The summed E-state index contributed by atoms with van der Waals surface area (Å²) in [5.74, 6) is -1.34. The molecule has 0 saturated carbocycles. The first-order valence-corrected chi connectivity index (χ1v) is 8.85. The Balaban J connectivity index is 1.78. The molecule has 0 aliphatic rings. The minimum atomic E-state index is -0.916. The van der Waals surface area contributed by atoms with Crippen LogP contribution in [0.2, 0.25) is 0 Å². The van der Waals surface area contributed by atoms with Gasteiger partial charge in [0.2, 0.25) is 5.91 Å². The number of para-hydroxylation sites is 1. The molecule has 3 rings (SSSR count). The molecular weight excluding hydrogens is 340 g/mol. The van der Waals surface area contributed by atoms with Gasteiger partial charge in [0.1, 0.15) is 0 Å². The predicted molar refractivity (Wildman–Crippen MR) is 107 cm³/mol. The maximum Gasteiger partial charge on any atom is 0.317 e. The highest BCUT2D eigenvalue weighted by atomic mass is 16.4. The van der Waals surface area contributed by atoms with Gasteiger partial charge in [-0.1, -0.05) is 60.7 Å². The molecule has 138 valence electrons. The summed E-state index contributed by atoms with van der Waals surface area (Å²) in [5, 5.41) is 16.8. The van der Waals surface area contributed by atoms with Gasteiger partial charge < -0.3 is 15.7 Å². The van der Waals surface area contributed by atoms with E-state index in [1.54, 1.807) is 0 Å². The third-order valence-electron chi connectivity index (χ3n) is 4.55. The summed E-state index contributed by atoms with van der Waals surface area (Å²) in [7, 11) is 0. The quantitative estimate of drug-likeness (QED) is 0.598. The summed E-state index contributed by atoms with van der Waals surface area (Å²) in [6, 6.07) is 21.4. The van der Waals surface area contributed by atoms with Gasteiger partial charge in [0, 0.05) is 12.2 Å². The van der Waals surface area contributed by atoms with Gasteiger partial charge in [-0.3, -0.25) is 9.59 Å². The minimum Gasteiger partial charge on any atom is -0.480 e. The predicted octanol–water partition coefficient (Wildman–Crippen LogP) is 3.76. The van der Waals surface area contributed by atoms with Gasteiger partial charge >= 0.3 is 5.97 Å². The third-order valence-corrected chi connectivity index (χ3v) is 4.55. The second kappa shape index (κ2) is 8.47. The van der Waals surface area contributed by atoms with E-state index in [1.165, 1.54) is 0 Å². The first kappa shape index (κ1) is 18.6. The number of rotatable bonds is 7. The molecule has 0 heterocycles. The van der Waals surface area contributed by atoms with E-state index < -0.39 is 5.97 Å². The molecule has 3 aromatic rings. The van der Waals surface area contributed by atoms with E-state index in [0.717, 1.165) is 21.9 Å². The second-order valence-electron chi connectivity index (χ2n) is 6.43. The molecule has 1 atom stereocenters. The van der Waals surface area contributed by atoms with Crippen LogP contribution in [-0.2, 0) is 16.1 Å². The van der Waals surface area contributed by atoms with E-state index in [1.807, 2.05) is 73.7 Å². The van der Waals surface area contributed by atoms with Crippen molar-refractivity contribution < 1.29 is 14.7 Å². The van der Waals surface area contributed by atoms with Crippen molar-refractivity contribution in [3.05, 3.63) is 77.9 Å². The van der Waals surface area contributed by atoms with Crippen LogP contribution in [-0.4, -0.2) is 23.5 Å². The van der Waals surface area contributed by atoms with Crippen LogP contribution in [0.15, 0.2) is 66.7 Å². The van der Waals surface area contributed by atoms with Crippen molar-refractivity contribution in [1.82, 2.24) is 5.32 Å². The monoisotopic (exact) mass is 362 g/mol. The first-order chi connectivity index (χ1) is 13.1. The van der Waals surface area contributed by atoms with Crippen molar-refractivity contribution in [2.24, 2.45) is 0 Å². The summed E-state index contributed by atoms with van der Waals surface area (Å²) in [4.78, 5) is 23.5. The van der Waals surface area contributed by atoms with Crippen LogP contribution < -0.4 is 10.6 Å². The molecule has 0 aliphatic carbocycles. The van der Waals surface area contributed by atoms with E-state index in [4.69, 9.17) is 5.11 Å². The summed E-state index contributed by atoms with van der Waals surface area (Å²) >= 11 is 0. The smallest absolute Gasteiger partial charge is 0.317 e. The molecular formula is C22H22N2O3. The molecule has 5 heteroatoms. The molecule has 0 bridgehead atoms. The van der Waals surface area contributed by atoms with Gasteiger partial charge in [0.15, 0.2) is 0 Å². The largest absolute Gasteiger partial charge is 0.480 e. The molecule has 3 N–H and O–H groups in total. The lowest BCUT2D eigenvalue weighted by atomic mass is 9.94. The minimum absolute atomic E-state index is 0.1000. The van der Waals surface area contributed by atoms with Gasteiger partial charge in [-0.05, 0) is 34.9 Å². The Labute approximate surface area is 158 Å². The van der Waals surface area contributed by atoms with E-state index in [0.29, 0.717) is 12.2 Å². The van der Waals surface area contributed by atoms with Gasteiger partial charge in [-0.15, -0.1) is 0 Å². The molecule has 1 amide bonds. The molecule has 5 nitrogen and oxygen atoms in total. The number of nitrogens with one attached hydrogen (secondary N) is 2. The zero-order valence-corrected chi connectivity index (χ0v) is 15.1. The van der Waals surface area contributed by atoms with E-state index in [9.17, 15) is 9.59 Å². The number of fused-ring (bicyclic) bond motifs is 1. The lowest BCUT2D eigenvalue weighted by Gasteiger charge is -2.17. The summed E-state index contributed by atoms with van der Waals surface area (Å²) in [6.45, 7) is 2.13. The number of aliphatic carboxylic acids is 1. The number of carboxylic acid groups (broad SMARTS) is 1. The SMILES string of the molecule is CC(C(=O)Nc1ccccc1CNCC(=O)O)c1cccc2ccccc12. The van der Waals surface area contributed by atoms with Crippen molar-refractivity contribution in [3.63, 3.8) is 0 Å². The molecule has 0 aliphatic heterocycles. The highest BCUT2D eigenvalue weighted by Gasteiger charge is 2.18. The maximum atomic E-state index is 12.9. The maximum absolute atomic E-state index is 12.9. The first-order valence-electron chi connectivity index (χ1n) is 8.85. The average molecular weight is 362 g/mol. The number of hydrogen-bond donors (Lipinski definition) is 3. The van der Waals surface area contributed by atoms with Crippen LogP contribution in [0.5, 0.6) is 0 Å². The average Bonchev–Trinajstić information content (AvgIpc) is 2.68. The number of carbonyl (C=O) groups excluding carboxylic acids is 1. The molecule has 0 saturated heterocycles. The number of anilines is 1. The standard InChI is InChI=1S/C22H22N2O3/c1-15(18-11-6-9-16-7-2-4-10-19(16)18)22(27)24-20-12-5-3-8-17(20)13-23-14-21(25)26/h2-12,15,23H,13-14H2,1H3,(H,24,27)(H,25,26). The van der Waals surface area contributed by atoms with Crippen molar-refractivity contribution in [2.75, 3.05) is 11.9 Å². The number of carboxylic acids is 1. The van der Waals surface area contributed by atoms with Crippen molar-refractivity contribution in [3.8, 4) is 0 Å². The third kappa shape index (κ3) is 4.51. The molecule has 27 heavy (non-hydrogen) atoms. The summed E-state index contributed by atoms with van der Waals surface area (Å²) in [5.41, 5.74) is 2.51. The molecule has 0 radical (unpaired) electrons. The van der Waals surface area contributed by atoms with Crippen LogP contribution in [0.3, 0.4) is 0 Å². The van der Waals surface area contributed by atoms with Crippen LogP contribution in [0.25, 0.3) is 10.8 Å². The van der Waals surface area contributed by atoms with Crippen LogP contribution >= 0.6 is 0 Å². The molecule has 3 aromatic carbocycles. The Kier molecular flexibility index (Phi) is 5.84. The number of hydrogen-bond acceptors (Lipinski definition) is 3. The number of benzene rings is 3. The lowest BCUT2D eigenvalue weighted by Crippen LogP contribution is -2.24. The van der Waals surface area contributed by atoms with Crippen LogP contribution in [0.4, 0.5) is 5.69 Å². The van der Waals surface area contributed by atoms with E-state index in [2.05, 4.69) is 10.6 Å². The molecule has 0 fully saturated rings. The lowest BCUT2D eigenvalue weighted by molar-refractivity contribution is -0.136. The fraction of sp³-hybridized carbons (Fsp3) is 0.182. The van der Waals surface area contributed by atoms with Crippen molar-refractivity contribution >= 4 is 28.3 Å². The normalized spacial score (nSPS) is 11.9. The van der Waals surface area contributed by atoms with Gasteiger partial charge in [0.05, 0.1) is 12.5 Å². The Morgan fingerprint density at radius 2 is 1.67 bits per heavy atom. The Bertz CT molecular complexity index is 963. The number of carbonyl (C=O) groups is 2. The topological polar surface area (TPSA) is 78.4 Å².